The molecule has 2 heterocycles. The number of nitrogens with one attached hydrogen (secondary N) is 3. The van der Waals surface area contributed by atoms with Crippen molar-refractivity contribution in [2.45, 2.75) is 19.0 Å². The first-order chi connectivity index (χ1) is 15.8. The predicted octanol–water partition coefficient (Wildman–Crippen LogP) is 3.39. The van der Waals surface area contributed by atoms with Gasteiger partial charge in [-0.05, 0) is 48.6 Å². The van der Waals surface area contributed by atoms with Crippen LogP contribution < -0.4 is 16.4 Å². The summed E-state index contributed by atoms with van der Waals surface area (Å²) in [7, 11) is 0. The number of alkyl halides is 3. The molecule has 2 aromatic carbocycles. The zero-order valence-corrected chi connectivity index (χ0v) is 17.2. The molecule has 170 valence electrons. The molecule has 2 aromatic heterocycles. The number of hydrogen-bond acceptors (Lipinski definition) is 3. The first-order valence-corrected chi connectivity index (χ1v) is 10.1. The lowest BCUT2D eigenvalue weighted by Crippen LogP contribution is -2.33. The lowest BCUT2D eigenvalue weighted by molar-refractivity contribution is -0.137. The summed E-state index contributed by atoms with van der Waals surface area (Å²) in [6, 6.07) is 12.5. The molecule has 0 saturated heterocycles. The van der Waals surface area contributed by atoms with Crippen LogP contribution in [0.4, 0.5) is 13.2 Å². The highest BCUT2D eigenvalue weighted by molar-refractivity contribution is 5.97. The molecule has 0 bridgehead atoms. The van der Waals surface area contributed by atoms with Crippen molar-refractivity contribution in [3.63, 3.8) is 0 Å². The Balaban J connectivity index is 1.67. The fourth-order valence-corrected chi connectivity index (χ4v) is 3.60. The number of amides is 1. The lowest BCUT2D eigenvalue weighted by atomic mass is 10.1. The van der Waals surface area contributed by atoms with Crippen molar-refractivity contribution in [3.05, 3.63) is 98.2 Å². The zero-order valence-electron chi connectivity index (χ0n) is 17.2. The minimum absolute atomic E-state index is 0.00681. The molecule has 7 nitrogen and oxygen atoms in total. The molecule has 4 rings (SSSR count). The van der Waals surface area contributed by atoms with Gasteiger partial charge in [0.25, 0.3) is 17.0 Å². The van der Waals surface area contributed by atoms with E-state index >= 15 is 0 Å². The third-order valence-corrected chi connectivity index (χ3v) is 5.22. The van der Waals surface area contributed by atoms with Crippen molar-refractivity contribution in [1.82, 2.24) is 20.1 Å². The normalized spacial score (nSPS) is 11.6. The van der Waals surface area contributed by atoms with E-state index in [-0.39, 0.29) is 23.4 Å². The van der Waals surface area contributed by atoms with E-state index in [1.807, 2.05) is 0 Å². The minimum atomic E-state index is -4.58. The van der Waals surface area contributed by atoms with Crippen molar-refractivity contribution in [2.75, 3.05) is 6.54 Å². The SMILES string of the molecule is O=C(NCCCc1c[nH][nH]c1=O)c1cc2ccccc2n(-c2cccc(C(F)(F)F)c2)c1=O. The van der Waals surface area contributed by atoms with E-state index in [1.54, 1.807) is 30.5 Å². The van der Waals surface area contributed by atoms with Gasteiger partial charge >= 0.3 is 6.18 Å². The molecular weight excluding hydrogens is 437 g/mol. The summed E-state index contributed by atoms with van der Waals surface area (Å²) in [4.78, 5) is 37.5. The molecular formula is C23H19F3N4O3. The van der Waals surface area contributed by atoms with Crippen molar-refractivity contribution < 1.29 is 18.0 Å². The Hall–Kier alpha value is -4.08. The summed E-state index contributed by atoms with van der Waals surface area (Å²) in [5, 5.41) is 8.19. The summed E-state index contributed by atoms with van der Waals surface area (Å²) in [5.74, 6) is -0.644. The highest BCUT2D eigenvalue weighted by atomic mass is 19.4. The van der Waals surface area contributed by atoms with E-state index < -0.39 is 23.2 Å². The predicted molar refractivity (Wildman–Crippen MR) is 117 cm³/mol. The number of para-hydroxylation sites is 1. The number of aromatic amines is 2. The summed E-state index contributed by atoms with van der Waals surface area (Å²) < 4.78 is 40.8. The summed E-state index contributed by atoms with van der Waals surface area (Å²) >= 11 is 0. The molecule has 0 aliphatic heterocycles. The number of benzene rings is 2. The van der Waals surface area contributed by atoms with E-state index in [2.05, 4.69) is 15.5 Å². The van der Waals surface area contributed by atoms with Gasteiger partial charge in [-0.15, -0.1) is 0 Å². The van der Waals surface area contributed by atoms with Gasteiger partial charge in [0.2, 0.25) is 0 Å². The number of fused-ring (bicyclic) bond motifs is 1. The van der Waals surface area contributed by atoms with Gasteiger partial charge in [-0.3, -0.25) is 24.0 Å². The smallest absolute Gasteiger partial charge is 0.352 e. The Bertz CT molecular complexity index is 1430. The van der Waals surface area contributed by atoms with Gasteiger partial charge in [0.05, 0.1) is 11.1 Å². The number of halogens is 3. The van der Waals surface area contributed by atoms with E-state index in [9.17, 15) is 27.6 Å². The first kappa shape index (κ1) is 22.1. The summed E-state index contributed by atoms with van der Waals surface area (Å²) in [5.41, 5.74) is -1.12. The third-order valence-electron chi connectivity index (χ3n) is 5.22. The van der Waals surface area contributed by atoms with Gasteiger partial charge in [-0.2, -0.15) is 13.2 Å². The van der Waals surface area contributed by atoms with E-state index in [1.165, 1.54) is 18.2 Å². The van der Waals surface area contributed by atoms with Crippen LogP contribution in [0.25, 0.3) is 16.6 Å². The molecule has 3 N–H and O–H groups in total. The molecule has 0 saturated carbocycles. The second kappa shape index (κ2) is 8.81. The molecule has 0 aliphatic carbocycles. The number of aryl methyl sites for hydroxylation is 1. The fraction of sp³-hybridized carbons (Fsp3) is 0.174. The van der Waals surface area contributed by atoms with Crippen molar-refractivity contribution in [3.8, 4) is 5.69 Å². The molecule has 0 atom stereocenters. The lowest BCUT2D eigenvalue weighted by Gasteiger charge is -2.15. The number of pyridine rings is 1. The Morgan fingerprint density at radius 2 is 1.82 bits per heavy atom. The van der Waals surface area contributed by atoms with Crippen LogP contribution in [0.15, 0.2) is 70.4 Å². The first-order valence-electron chi connectivity index (χ1n) is 10.1. The van der Waals surface area contributed by atoms with E-state index in [0.29, 0.717) is 29.3 Å². The van der Waals surface area contributed by atoms with Crippen molar-refractivity contribution in [1.29, 1.82) is 0 Å². The largest absolute Gasteiger partial charge is 0.416 e. The molecule has 0 aliphatic rings. The van der Waals surface area contributed by atoms with Gasteiger partial charge in [-0.1, -0.05) is 24.3 Å². The van der Waals surface area contributed by atoms with E-state index in [4.69, 9.17) is 0 Å². The molecule has 0 spiro atoms. The molecule has 0 fully saturated rings. The van der Waals surface area contributed by atoms with E-state index in [0.717, 1.165) is 16.7 Å². The number of nitrogens with zero attached hydrogens (tertiary/aromatic N) is 1. The molecule has 0 unspecified atom stereocenters. The van der Waals surface area contributed by atoms with Gasteiger partial charge < -0.3 is 10.4 Å². The Labute approximate surface area is 184 Å². The Morgan fingerprint density at radius 1 is 1.03 bits per heavy atom. The number of H-pyrrole nitrogens is 2. The number of aromatic nitrogens is 3. The highest BCUT2D eigenvalue weighted by Gasteiger charge is 2.30. The molecule has 4 aromatic rings. The topological polar surface area (TPSA) is 99.8 Å². The van der Waals surface area contributed by atoms with Gasteiger partial charge in [-0.25, -0.2) is 0 Å². The number of hydrogen-bond donors (Lipinski definition) is 3. The Kier molecular flexibility index (Phi) is 5.91. The maximum atomic E-state index is 13.2. The van der Waals surface area contributed by atoms with Gasteiger partial charge in [0.1, 0.15) is 5.56 Å². The van der Waals surface area contributed by atoms with Crippen LogP contribution in [0.5, 0.6) is 0 Å². The van der Waals surface area contributed by atoms with Crippen LogP contribution in [0.1, 0.15) is 27.9 Å². The Morgan fingerprint density at radius 3 is 2.55 bits per heavy atom. The number of carbonyl (C=O) groups is 1. The average molecular weight is 456 g/mol. The van der Waals surface area contributed by atoms with Gasteiger partial charge in [0.15, 0.2) is 0 Å². The van der Waals surface area contributed by atoms with Crippen LogP contribution in [0.2, 0.25) is 0 Å². The maximum Gasteiger partial charge on any atom is 0.416 e. The number of rotatable bonds is 6. The number of carbonyl (C=O) groups excluding carboxylic acids is 1. The highest BCUT2D eigenvalue weighted by Crippen LogP contribution is 2.30. The van der Waals surface area contributed by atoms with Crippen LogP contribution in [0, 0.1) is 0 Å². The maximum absolute atomic E-state index is 13.2. The molecule has 10 heteroatoms. The fourth-order valence-electron chi connectivity index (χ4n) is 3.60. The monoisotopic (exact) mass is 456 g/mol. The summed E-state index contributed by atoms with van der Waals surface area (Å²) in [6.07, 6.45) is -2.15. The quantitative estimate of drug-likeness (QED) is 0.388. The van der Waals surface area contributed by atoms with Gasteiger partial charge in [0, 0.05) is 24.0 Å². The zero-order chi connectivity index (χ0) is 23.6. The van der Waals surface area contributed by atoms with Crippen LogP contribution in [0.3, 0.4) is 0 Å². The molecule has 33 heavy (non-hydrogen) atoms. The van der Waals surface area contributed by atoms with Crippen molar-refractivity contribution >= 4 is 16.8 Å². The average Bonchev–Trinajstić information content (AvgIpc) is 3.20. The second-order valence-corrected chi connectivity index (χ2v) is 7.43. The summed E-state index contributed by atoms with van der Waals surface area (Å²) in [6.45, 7) is 0.208. The molecule has 0 radical (unpaired) electrons. The molecule has 1 amide bonds. The van der Waals surface area contributed by atoms with Crippen molar-refractivity contribution in [2.24, 2.45) is 0 Å². The second-order valence-electron chi connectivity index (χ2n) is 7.43. The van der Waals surface area contributed by atoms with Crippen LogP contribution in [-0.4, -0.2) is 27.2 Å². The minimum Gasteiger partial charge on any atom is -0.352 e. The van der Waals surface area contributed by atoms with Crippen LogP contribution in [-0.2, 0) is 12.6 Å². The van der Waals surface area contributed by atoms with Crippen LogP contribution >= 0.6 is 0 Å². The standard InChI is InChI=1S/C23H19F3N4O3/c24-23(25,26)16-7-3-8-17(12-16)30-19-9-2-1-5-14(19)11-18(22(30)33)21(32)27-10-4-6-15-13-28-29-20(15)31/h1-3,5,7-9,11-13H,4,6,10H2,(H,27,32)(H2,28,29,31). The third kappa shape index (κ3) is 4.59.